The number of carbonyl (C=O) groups excluding carboxylic acids is 1. The van der Waals surface area contributed by atoms with Gasteiger partial charge in [0.2, 0.25) is 5.91 Å². The molecule has 0 radical (unpaired) electrons. The monoisotopic (exact) mass is 328 g/mol. The number of carbonyl (C=O) groups is 1. The highest BCUT2D eigenvalue weighted by atomic mass is 32.2. The molecule has 22 heavy (non-hydrogen) atoms. The smallest absolute Gasteiger partial charge is 0.240 e. The number of hydrogen-bond acceptors (Lipinski definition) is 4. The second-order valence-electron chi connectivity index (χ2n) is 5.72. The van der Waals surface area contributed by atoms with Crippen LogP contribution < -0.4 is 5.32 Å². The van der Waals surface area contributed by atoms with Gasteiger partial charge in [0, 0.05) is 31.1 Å². The maximum absolute atomic E-state index is 12.9. The van der Waals surface area contributed by atoms with Gasteiger partial charge in [-0.2, -0.15) is 0 Å². The summed E-state index contributed by atoms with van der Waals surface area (Å²) < 4.78 is 35.8. The van der Waals surface area contributed by atoms with Gasteiger partial charge in [0.25, 0.3) is 0 Å². The molecular formula is C15H21FN2O3S. The molecule has 1 N–H and O–H groups in total. The van der Waals surface area contributed by atoms with Crippen LogP contribution in [0.2, 0.25) is 0 Å². The molecular weight excluding hydrogens is 307 g/mol. The number of hydrogen-bond donors (Lipinski definition) is 1. The zero-order valence-electron chi connectivity index (χ0n) is 12.8. The number of benzene rings is 1. The van der Waals surface area contributed by atoms with Crippen LogP contribution in [0.5, 0.6) is 0 Å². The Hall–Kier alpha value is -1.63. The van der Waals surface area contributed by atoms with E-state index in [-0.39, 0.29) is 17.8 Å². The van der Waals surface area contributed by atoms with Crippen LogP contribution in [0.1, 0.15) is 19.8 Å². The predicted octanol–water partition coefficient (Wildman–Crippen LogP) is 1.66. The van der Waals surface area contributed by atoms with Gasteiger partial charge in [-0.3, -0.25) is 4.79 Å². The minimum Gasteiger partial charge on any atom is -0.382 e. The Bertz CT molecular complexity index is 623. The zero-order chi connectivity index (χ0) is 16.3. The molecule has 1 aliphatic rings. The van der Waals surface area contributed by atoms with E-state index in [0.717, 1.165) is 24.8 Å². The van der Waals surface area contributed by atoms with Crippen molar-refractivity contribution in [3.8, 4) is 0 Å². The minimum absolute atomic E-state index is 0.197. The van der Waals surface area contributed by atoms with Crippen molar-refractivity contribution in [1.29, 1.82) is 0 Å². The summed E-state index contributed by atoms with van der Waals surface area (Å²) >= 11 is 0. The number of piperidine rings is 1. The number of nitrogens with zero attached hydrogens (tertiary/aromatic N) is 1. The normalized spacial score (nSPS) is 18.0. The predicted molar refractivity (Wildman–Crippen MR) is 83.9 cm³/mol. The van der Waals surface area contributed by atoms with E-state index >= 15 is 0 Å². The van der Waals surface area contributed by atoms with Crippen LogP contribution in [-0.4, -0.2) is 49.9 Å². The maximum Gasteiger partial charge on any atom is 0.240 e. The Labute approximate surface area is 130 Å². The average molecular weight is 328 g/mol. The van der Waals surface area contributed by atoms with E-state index < -0.39 is 15.1 Å². The summed E-state index contributed by atoms with van der Waals surface area (Å²) in [7, 11) is -3.36. The molecule has 1 fully saturated rings. The van der Waals surface area contributed by atoms with Gasteiger partial charge in [0.15, 0.2) is 9.84 Å². The minimum atomic E-state index is -3.36. The summed E-state index contributed by atoms with van der Waals surface area (Å²) in [5.74, 6) is -0.608. The Morgan fingerprint density at radius 2 is 1.82 bits per heavy atom. The Morgan fingerprint density at radius 3 is 2.32 bits per heavy atom. The molecule has 1 heterocycles. The molecule has 0 unspecified atom stereocenters. The lowest BCUT2D eigenvalue weighted by molar-refractivity contribution is -0.131. The van der Waals surface area contributed by atoms with E-state index in [4.69, 9.17) is 0 Å². The Kier molecular flexibility index (Phi) is 5.05. The largest absolute Gasteiger partial charge is 0.382 e. The van der Waals surface area contributed by atoms with Gasteiger partial charge in [-0.1, -0.05) is 0 Å². The summed E-state index contributed by atoms with van der Waals surface area (Å²) in [4.78, 5) is 13.7. The van der Waals surface area contributed by atoms with Crippen molar-refractivity contribution in [2.24, 2.45) is 0 Å². The zero-order valence-corrected chi connectivity index (χ0v) is 13.6. The summed E-state index contributed by atoms with van der Waals surface area (Å²) in [6.07, 6.45) is 2.55. The first-order chi connectivity index (χ1) is 10.3. The second kappa shape index (κ2) is 6.64. The maximum atomic E-state index is 12.9. The molecule has 122 valence electrons. The first-order valence-electron chi connectivity index (χ1n) is 7.27. The topological polar surface area (TPSA) is 66.5 Å². The van der Waals surface area contributed by atoms with Crippen molar-refractivity contribution < 1.29 is 17.6 Å². The third-order valence-electron chi connectivity index (χ3n) is 4.01. The first kappa shape index (κ1) is 16.7. The number of nitrogens with one attached hydrogen (secondary N) is 1. The lowest BCUT2D eigenvalue weighted by Crippen LogP contribution is -2.47. The van der Waals surface area contributed by atoms with E-state index in [1.807, 2.05) is 0 Å². The van der Waals surface area contributed by atoms with E-state index in [1.165, 1.54) is 19.1 Å². The number of halogens is 1. The highest BCUT2D eigenvalue weighted by molar-refractivity contribution is 7.92. The first-order valence-corrected chi connectivity index (χ1v) is 9.22. The molecule has 0 spiro atoms. The van der Waals surface area contributed by atoms with E-state index in [9.17, 15) is 17.6 Å². The van der Waals surface area contributed by atoms with Gasteiger partial charge >= 0.3 is 0 Å². The van der Waals surface area contributed by atoms with E-state index in [1.54, 1.807) is 17.0 Å². The summed E-state index contributed by atoms with van der Waals surface area (Å²) in [6.45, 7) is 2.48. The molecule has 1 atom stereocenters. The number of rotatable bonds is 4. The number of anilines is 1. The van der Waals surface area contributed by atoms with Gasteiger partial charge in [0.1, 0.15) is 11.1 Å². The second-order valence-corrected chi connectivity index (χ2v) is 8.09. The van der Waals surface area contributed by atoms with Crippen molar-refractivity contribution in [2.45, 2.75) is 31.1 Å². The molecule has 1 amide bonds. The molecule has 7 heteroatoms. The summed E-state index contributed by atoms with van der Waals surface area (Å²) in [5, 5.41) is 2.31. The summed E-state index contributed by atoms with van der Waals surface area (Å²) in [6, 6.07) is 6.35. The van der Waals surface area contributed by atoms with Gasteiger partial charge in [-0.15, -0.1) is 0 Å². The molecule has 0 aliphatic carbocycles. The van der Waals surface area contributed by atoms with Crippen LogP contribution in [0.15, 0.2) is 24.3 Å². The molecule has 1 aromatic rings. The lowest BCUT2D eigenvalue weighted by atomic mass is 10.0. The lowest BCUT2D eigenvalue weighted by Gasteiger charge is -2.34. The Balaban J connectivity index is 1.88. The third kappa shape index (κ3) is 4.19. The third-order valence-corrected chi connectivity index (χ3v) is 5.50. The van der Waals surface area contributed by atoms with Crippen LogP contribution >= 0.6 is 0 Å². The summed E-state index contributed by atoms with van der Waals surface area (Å²) in [5.41, 5.74) is 0.843. The number of likely N-dealkylation sites (tertiary alicyclic amines) is 1. The number of amides is 1. The van der Waals surface area contributed by atoms with Crippen molar-refractivity contribution in [1.82, 2.24) is 4.90 Å². The van der Waals surface area contributed by atoms with Crippen molar-refractivity contribution in [3.05, 3.63) is 30.1 Å². The molecule has 1 saturated heterocycles. The molecule has 5 nitrogen and oxygen atoms in total. The van der Waals surface area contributed by atoms with Crippen LogP contribution in [0.4, 0.5) is 10.1 Å². The van der Waals surface area contributed by atoms with Gasteiger partial charge < -0.3 is 10.2 Å². The average Bonchev–Trinajstić information content (AvgIpc) is 2.48. The van der Waals surface area contributed by atoms with E-state index in [2.05, 4.69) is 5.32 Å². The fraction of sp³-hybridized carbons (Fsp3) is 0.533. The van der Waals surface area contributed by atoms with Crippen LogP contribution in [0, 0.1) is 5.82 Å². The van der Waals surface area contributed by atoms with Gasteiger partial charge in [0.05, 0.1) is 0 Å². The number of sulfone groups is 1. The highest BCUT2D eigenvalue weighted by Gasteiger charge is 2.30. The van der Waals surface area contributed by atoms with Crippen molar-refractivity contribution in [3.63, 3.8) is 0 Å². The molecule has 1 aliphatic heterocycles. The highest BCUT2D eigenvalue weighted by Crippen LogP contribution is 2.18. The standard InChI is InChI=1S/C15H21FN2O3S/c1-11(22(2,20)21)15(19)18-9-7-14(8-10-18)17-13-5-3-12(16)4-6-13/h3-6,11,14,17H,7-10H2,1-2H3/t11-/m1/s1. The van der Waals surface area contributed by atoms with E-state index in [0.29, 0.717) is 13.1 Å². The fourth-order valence-corrected chi connectivity index (χ4v) is 2.98. The molecule has 0 bridgehead atoms. The molecule has 0 saturated carbocycles. The quantitative estimate of drug-likeness (QED) is 0.913. The van der Waals surface area contributed by atoms with Gasteiger partial charge in [-0.05, 0) is 44.0 Å². The molecule has 1 aromatic carbocycles. The van der Waals surface area contributed by atoms with Gasteiger partial charge in [-0.25, -0.2) is 12.8 Å². The van der Waals surface area contributed by atoms with Crippen LogP contribution in [-0.2, 0) is 14.6 Å². The van der Waals surface area contributed by atoms with Crippen molar-refractivity contribution >= 4 is 21.4 Å². The molecule has 0 aromatic heterocycles. The fourth-order valence-electron chi connectivity index (χ4n) is 2.47. The molecule has 2 rings (SSSR count). The van der Waals surface area contributed by atoms with Crippen LogP contribution in [0.25, 0.3) is 0 Å². The SMILES string of the molecule is C[C@H](C(=O)N1CCC(Nc2ccc(F)cc2)CC1)S(C)(=O)=O. The van der Waals surface area contributed by atoms with Crippen molar-refractivity contribution in [2.75, 3.05) is 24.7 Å². The van der Waals surface area contributed by atoms with Crippen LogP contribution in [0.3, 0.4) is 0 Å². The Morgan fingerprint density at radius 1 is 1.27 bits per heavy atom.